The molecule has 0 saturated carbocycles. The van der Waals surface area contributed by atoms with E-state index in [4.69, 9.17) is 9.78 Å². The van der Waals surface area contributed by atoms with E-state index in [1.807, 2.05) is 13.8 Å². The van der Waals surface area contributed by atoms with E-state index in [1.165, 1.54) is 6.92 Å². The molecule has 2 aromatic heterocycles. The summed E-state index contributed by atoms with van der Waals surface area (Å²) in [6, 6.07) is 2.47. The molecule has 0 aliphatic rings. The van der Waals surface area contributed by atoms with Crippen molar-refractivity contribution in [3.05, 3.63) is 34.6 Å². The Morgan fingerprint density at radius 2 is 2.04 bits per heavy atom. The highest BCUT2D eigenvalue weighted by Crippen LogP contribution is 2.36. The van der Waals surface area contributed by atoms with E-state index < -0.39 is 17.3 Å². The molecule has 5 nitrogen and oxygen atoms in total. The molecule has 0 N–H and O–H groups in total. The Morgan fingerprint density at radius 3 is 2.62 bits per heavy atom. The summed E-state index contributed by atoms with van der Waals surface area (Å²) in [4.78, 5) is 8.22. The summed E-state index contributed by atoms with van der Waals surface area (Å²) in [6.45, 7) is 5.48. The van der Waals surface area contributed by atoms with E-state index in [0.29, 0.717) is 18.2 Å². The minimum absolute atomic E-state index is 0.00781. The molecule has 9 heteroatoms. The van der Waals surface area contributed by atoms with Crippen molar-refractivity contribution in [2.45, 2.75) is 44.1 Å². The maximum atomic E-state index is 13.1. The number of rotatable bonds is 5. The van der Waals surface area contributed by atoms with Crippen LogP contribution in [0.1, 0.15) is 42.4 Å². The van der Waals surface area contributed by atoms with Gasteiger partial charge in [0, 0.05) is 12.1 Å². The first-order chi connectivity index (χ1) is 11.2. The van der Waals surface area contributed by atoms with Crippen LogP contribution in [-0.2, 0) is 18.3 Å². The number of aryl methyl sites for hydroxylation is 1. The average molecular weight is 356 g/mol. The largest absolute Gasteiger partial charge is 0.417 e. The fourth-order valence-electron chi connectivity index (χ4n) is 2.01. The minimum atomic E-state index is -4.61. The molecule has 0 atom stereocenters. The standard InChI is InChI=1S/C15H15F3N4OS/c1-8(2)4-12-21-13(23-22-12)7-24-14-10(6-19)11(15(16,17)18)5-9(3)20-14/h5,8H,4,7H2,1-3H3. The second-order valence-electron chi connectivity index (χ2n) is 5.59. The number of aromatic nitrogens is 3. The number of halogens is 3. The Morgan fingerprint density at radius 1 is 1.33 bits per heavy atom. The number of nitrogens with zero attached hydrogens (tertiary/aromatic N) is 4. The van der Waals surface area contributed by atoms with E-state index in [9.17, 15) is 13.2 Å². The van der Waals surface area contributed by atoms with Crippen LogP contribution in [0.15, 0.2) is 15.6 Å². The summed E-state index contributed by atoms with van der Waals surface area (Å²) in [6.07, 6.45) is -3.96. The van der Waals surface area contributed by atoms with Crippen LogP contribution in [0.4, 0.5) is 13.2 Å². The summed E-state index contributed by atoms with van der Waals surface area (Å²) in [5.41, 5.74) is -1.28. The van der Waals surface area contributed by atoms with Gasteiger partial charge in [0.05, 0.1) is 16.9 Å². The van der Waals surface area contributed by atoms with Crippen molar-refractivity contribution >= 4 is 11.8 Å². The predicted octanol–water partition coefficient (Wildman–Crippen LogP) is 4.15. The summed E-state index contributed by atoms with van der Waals surface area (Å²) in [7, 11) is 0. The third-order valence-electron chi connectivity index (χ3n) is 2.96. The van der Waals surface area contributed by atoms with Crippen LogP contribution in [0.25, 0.3) is 0 Å². The maximum absolute atomic E-state index is 13.1. The number of alkyl halides is 3. The Bertz CT molecular complexity index is 765. The molecular weight excluding hydrogens is 341 g/mol. The first kappa shape index (κ1) is 18.3. The minimum Gasteiger partial charge on any atom is -0.338 e. The number of nitriles is 1. The van der Waals surface area contributed by atoms with Crippen molar-refractivity contribution in [2.75, 3.05) is 0 Å². The van der Waals surface area contributed by atoms with Crippen molar-refractivity contribution in [1.82, 2.24) is 15.1 Å². The predicted molar refractivity (Wildman–Crippen MR) is 81.1 cm³/mol. The smallest absolute Gasteiger partial charge is 0.338 e. The molecule has 0 aromatic carbocycles. The quantitative estimate of drug-likeness (QED) is 0.749. The Balaban J connectivity index is 2.22. The van der Waals surface area contributed by atoms with Gasteiger partial charge in [-0.15, -0.1) is 0 Å². The summed E-state index contributed by atoms with van der Waals surface area (Å²) in [5.74, 6) is 1.35. The lowest BCUT2D eigenvalue weighted by molar-refractivity contribution is -0.138. The van der Waals surface area contributed by atoms with Crippen LogP contribution in [0.5, 0.6) is 0 Å². The van der Waals surface area contributed by atoms with Crippen LogP contribution in [0.2, 0.25) is 0 Å². The monoisotopic (exact) mass is 356 g/mol. The van der Waals surface area contributed by atoms with Gasteiger partial charge >= 0.3 is 6.18 Å². The average Bonchev–Trinajstić information content (AvgIpc) is 2.90. The highest BCUT2D eigenvalue weighted by atomic mass is 32.2. The van der Waals surface area contributed by atoms with Gasteiger partial charge in [-0.1, -0.05) is 30.8 Å². The number of hydrogen-bond donors (Lipinski definition) is 0. The van der Waals surface area contributed by atoms with Gasteiger partial charge < -0.3 is 4.52 Å². The lowest BCUT2D eigenvalue weighted by Crippen LogP contribution is -2.10. The van der Waals surface area contributed by atoms with Crippen molar-refractivity contribution in [3.8, 4) is 6.07 Å². The zero-order valence-corrected chi connectivity index (χ0v) is 14.1. The van der Waals surface area contributed by atoms with Crippen molar-refractivity contribution < 1.29 is 17.7 Å². The zero-order chi connectivity index (χ0) is 17.9. The lowest BCUT2D eigenvalue weighted by Gasteiger charge is -2.12. The van der Waals surface area contributed by atoms with Crippen molar-refractivity contribution in [2.24, 2.45) is 5.92 Å². The maximum Gasteiger partial charge on any atom is 0.417 e. The topological polar surface area (TPSA) is 75.6 Å². The molecule has 0 aliphatic carbocycles. The number of thioether (sulfide) groups is 1. The molecule has 2 aromatic rings. The number of hydrogen-bond acceptors (Lipinski definition) is 6. The van der Waals surface area contributed by atoms with Gasteiger partial charge in [0.25, 0.3) is 0 Å². The molecule has 0 spiro atoms. The van der Waals surface area contributed by atoms with Gasteiger partial charge in [0.1, 0.15) is 11.1 Å². The zero-order valence-electron chi connectivity index (χ0n) is 13.3. The van der Waals surface area contributed by atoms with Crippen molar-refractivity contribution in [3.63, 3.8) is 0 Å². The second kappa shape index (κ2) is 7.21. The van der Waals surface area contributed by atoms with E-state index in [1.54, 1.807) is 6.07 Å². The van der Waals surface area contributed by atoms with E-state index >= 15 is 0 Å². The van der Waals surface area contributed by atoms with Gasteiger partial charge in [-0.2, -0.15) is 23.4 Å². The Labute approximate surface area is 141 Å². The highest BCUT2D eigenvalue weighted by molar-refractivity contribution is 7.98. The molecule has 0 aliphatic heterocycles. The first-order valence-electron chi connectivity index (χ1n) is 7.14. The van der Waals surface area contributed by atoms with Gasteiger partial charge in [0.2, 0.25) is 5.89 Å². The third-order valence-corrected chi connectivity index (χ3v) is 3.93. The third kappa shape index (κ3) is 4.47. The van der Waals surface area contributed by atoms with Gasteiger partial charge in [-0.05, 0) is 18.9 Å². The molecule has 2 rings (SSSR count). The van der Waals surface area contributed by atoms with Crippen LogP contribution in [-0.4, -0.2) is 15.1 Å². The van der Waals surface area contributed by atoms with E-state index in [0.717, 1.165) is 17.8 Å². The van der Waals surface area contributed by atoms with Gasteiger partial charge in [-0.3, -0.25) is 0 Å². The molecule has 2 heterocycles. The van der Waals surface area contributed by atoms with E-state index in [2.05, 4.69) is 15.1 Å². The molecule has 0 bridgehead atoms. The summed E-state index contributed by atoms with van der Waals surface area (Å²) in [5, 5.41) is 12.9. The molecular formula is C15H15F3N4OS. The Hall–Kier alpha value is -2.08. The van der Waals surface area contributed by atoms with Crippen LogP contribution in [0.3, 0.4) is 0 Å². The number of pyridine rings is 1. The van der Waals surface area contributed by atoms with Crippen LogP contribution in [0, 0.1) is 24.2 Å². The summed E-state index contributed by atoms with van der Waals surface area (Å²) >= 11 is 0.972. The SMILES string of the molecule is Cc1cc(C(F)(F)F)c(C#N)c(SCc2nc(CC(C)C)no2)n1. The first-order valence-corrected chi connectivity index (χ1v) is 8.12. The fraction of sp³-hybridized carbons (Fsp3) is 0.467. The van der Waals surface area contributed by atoms with Gasteiger partial charge in [0.15, 0.2) is 5.82 Å². The molecule has 0 radical (unpaired) electrons. The molecule has 0 fully saturated rings. The van der Waals surface area contributed by atoms with Gasteiger partial charge in [-0.25, -0.2) is 4.98 Å². The van der Waals surface area contributed by atoms with Crippen LogP contribution >= 0.6 is 11.8 Å². The second-order valence-corrected chi connectivity index (χ2v) is 6.56. The van der Waals surface area contributed by atoms with E-state index in [-0.39, 0.29) is 22.4 Å². The summed E-state index contributed by atoms with van der Waals surface area (Å²) < 4.78 is 44.2. The highest BCUT2D eigenvalue weighted by Gasteiger charge is 2.35. The lowest BCUT2D eigenvalue weighted by atomic mass is 10.1. The normalized spacial score (nSPS) is 11.8. The molecule has 128 valence electrons. The molecule has 0 unspecified atom stereocenters. The molecule has 0 saturated heterocycles. The Kier molecular flexibility index (Phi) is 5.49. The van der Waals surface area contributed by atoms with Crippen molar-refractivity contribution in [1.29, 1.82) is 5.26 Å². The molecule has 0 amide bonds. The molecule has 24 heavy (non-hydrogen) atoms. The van der Waals surface area contributed by atoms with Crippen LogP contribution < -0.4 is 0 Å². The fourth-order valence-corrected chi connectivity index (χ4v) is 2.89.